The Morgan fingerprint density at radius 3 is 2.88 bits per heavy atom. The molecule has 0 atom stereocenters. The number of carbonyl (C=O) groups is 1. The number of hydrazone groups is 1. The number of hydrogen-bond acceptors (Lipinski definition) is 3. The lowest BCUT2D eigenvalue weighted by atomic mass is 10.1. The maximum atomic E-state index is 12.3. The minimum Gasteiger partial charge on any atom is -0.451 e. The molecule has 0 unspecified atom stereocenters. The topological polar surface area (TPSA) is 59.5 Å². The Morgan fingerprint density at radius 1 is 1.23 bits per heavy atom. The van der Waals surface area contributed by atoms with Crippen molar-refractivity contribution in [2.45, 2.75) is 6.92 Å². The lowest BCUT2D eigenvalue weighted by Gasteiger charge is -1.98. The number of nitrogens with zero attached hydrogens (tertiary/aromatic N) is 2. The molecule has 0 bridgehead atoms. The zero-order valence-electron chi connectivity index (χ0n) is 14.3. The van der Waals surface area contributed by atoms with E-state index < -0.39 is 0 Å². The van der Waals surface area contributed by atoms with E-state index in [1.807, 2.05) is 50.4 Å². The van der Waals surface area contributed by atoms with E-state index in [9.17, 15) is 4.79 Å². The van der Waals surface area contributed by atoms with Gasteiger partial charge in [0.25, 0.3) is 0 Å². The molecule has 6 heteroatoms. The number of carbonyl (C=O) groups excluding carboxylic acids is 1. The zero-order chi connectivity index (χ0) is 18.3. The molecule has 0 aliphatic carbocycles. The lowest BCUT2D eigenvalue weighted by Crippen LogP contribution is -2.16. The van der Waals surface area contributed by atoms with Gasteiger partial charge in [-0.05, 0) is 37.3 Å². The summed E-state index contributed by atoms with van der Waals surface area (Å²) < 4.78 is 8.61. The minimum atomic E-state index is -0.383. The first kappa shape index (κ1) is 16.6. The number of aromatic nitrogens is 1. The average molecular weight is 410 g/mol. The molecule has 130 valence electrons. The van der Waals surface area contributed by atoms with E-state index in [2.05, 4.69) is 37.1 Å². The van der Waals surface area contributed by atoms with Crippen molar-refractivity contribution in [2.24, 2.45) is 12.1 Å². The number of fused-ring (bicyclic) bond motifs is 2. The minimum absolute atomic E-state index is 0.227. The van der Waals surface area contributed by atoms with Crippen molar-refractivity contribution in [3.05, 3.63) is 70.0 Å². The van der Waals surface area contributed by atoms with Crippen LogP contribution >= 0.6 is 15.9 Å². The van der Waals surface area contributed by atoms with E-state index >= 15 is 0 Å². The molecule has 2 heterocycles. The predicted molar refractivity (Wildman–Crippen MR) is 107 cm³/mol. The first-order valence-corrected chi connectivity index (χ1v) is 8.90. The molecular weight excluding hydrogens is 394 g/mol. The van der Waals surface area contributed by atoms with Gasteiger partial charge in [-0.25, -0.2) is 5.43 Å². The summed E-state index contributed by atoms with van der Waals surface area (Å²) >= 11 is 3.41. The summed E-state index contributed by atoms with van der Waals surface area (Å²) in [6, 6.07) is 15.4. The largest absolute Gasteiger partial charge is 0.451 e. The van der Waals surface area contributed by atoms with Crippen LogP contribution in [0.5, 0.6) is 0 Å². The van der Waals surface area contributed by atoms with Crippen LogP contribution in [0.4, 0.5) is 0 Å². The van der Waals surface area contributed by atoms with Gasteiger partial charge in [-0.15, -0.1) is 0 Å². The van der Waals surface area contributed by atoms with Crippen LogP contribution < -0.4 is 5.43 Å². The standard InChI is InChI=1S/C20H16BrN3O2/c1-12-16(15-5-3-4-6-17(15)24(12)2)11-22-23-20(25)19-10-13-9-14(21)7-8-18(13)26-19/h3-11H,1-2H3,(H,23,25)/b22-11+. The number of para-hydroxylation sites is 1. The lowest BCUT2D eigenvalue weighted by molar-refractivity contribution is 0.0929. The Kier molecular flexibility index (Phi) is 4.12. The second-order valence-electron chi connectivity index (χ2n) is 6.07. The van der Waals surface area contributed by atoms with Gasteiger partial charge in [0.15, 0.2) is 5.76 Å². The monoisotopic (exact) mass is 409 g/mol. The van der Waals surface area contributed by atoms with E-state index in [1.54, 1.807) is 12.3 Å². The fourth-order valence-corrected chi connectivity index (χ4v) is 3.43. The molecule has 0 aliphatic rings. The van der Waals surface area contributed by atoms with Crippen molar-refractivity contribution in [1.29, 1.82) is 0 Å². The van der Waals surface area contributed by atoms with Crippen LogP contribution in [0.2, 0.25) is 0 Å². The molecule has 4 rings (SSSR count). The van der Waals surface area contributed by atoms with Gasteiger partial charge in [0.05, 0.1) is 6.21 Å². The number of hydrogen-bond donors (Lipinski definition) is 1. The van der Waals surface area contributed by atoms with Gasteiger partial charge in [-0.1, -0.05) is 34.1 Å². The molecule has 2 aromatic heterocycles. The molecular formula is C20H16BrN3O2. The Bertz CT molecular complexity index is 1170. The molecule has 4 aromatic rings. The molecule has 0 saturated heterocycles. The van der Waals surface area contributed by atoms with Gasteiger partial charge in [-0.2, -0.15) is 5.10 Å². The zero-order valence-corrected chi connectivity index (χ0v) is 15.9. The SMILES string of the molecule is Cc1c(/C=N/NC(=O)c2cc3cc(Br)ccc3o2)c2ccccc2n1C. The van der Waals surface area contributed by atoms with E-state index in [4.69, 9.17) is 4.42 Å². The van der Waals surface area contributed by atoms with Gasteiger partial charge in [0, 0.05) is 39.1 Å². The fraction of sp³-hybridized carbons (Fsp3) is 0.100. The Labute approximate surface area is 158 Å². The van der Waals surface area contributed by atoms with E-state index in [0.29, 0.717) is 5.58 Å². The number of amides is 1. The van der Waals surface area contributed by atoms with Crippen LogP contribution in [0, 0.1) is 6.92 Å². The molecule has 1 N–H and O–H groups in total. The summed E-state index contributed by atoms with van der Waals surface area (Å²) in [5.41, 5.74) is 6.39. The van der Waals surface area contributed by atoms with Crippen LogP contribution in [0.1, 0.15) is 21.8 Å². The van der Waals surface area contributed by atoms with Gasteiger partial charge in [-0.3, -0.25) is 4.79 Å². The summed E-state index contributed by atoms with van der Waals surface area (Å²) in [6.45, 7) is 2.03. The number of halogens is 1. The van der Waals surface area contributed by atoms with Crippen LogP contribution in [0.15, 0.2) is 62.5 Å². The Balaban J connectivity index is 1.58. The van der Waals surface area contributed by atoms with E-state index in [-0.39, 0.29) is 11.7 Å². The molecule has 0 radical (unpaired) electrons. The maximum Gasteiger partial charge on any atom is 0.307 e. The third-order valence-corrected chi connectivity index (χ3v) is 5.00. The molecule has 2 aromatic carbocycles. The molecule has 0 aliphatic heterocycles. The first-order chi connectivity index (χ1) is 12.5. The van der Waals surface area contributed by atoms with Gasteiger partial charge in [0.1, 0.15) is 5.58 Å². The van der Waals surface area contributed by atoms with Crippen molar-refractivity contribution in [2.75, 3.05) is 0 Å². The van der Waals surface area contributed by atoms with Crippen molar-refractivity contribution >= 4 is 49.9 Å². The van der Waals surface area contributed by atoms with Crippen molar-refractivity contribution in [1.82, 2.24) is 9.99 Å². The third kappa shape index (κ3) is 2.82. The number of rotatable bonds is 3. The van der Waals surface area contributed by atoms with Crippen molar-refractivity contribution in [3.63, 3.8) is 0 Å². The van der Waals surface area contributed by atoms with Crippen LogP contribution in [-0.4, -0.2) is 16.7 Å². The summed E-state index contributed by atoms with van der Waals surface area (Å²) in [6.07, 6.45) is 1.68. The average Bonchev–Trinajstić information content (AvgIpc) is 3.16. The molecule has 26 heavy (non-hydrogen) atoms. The van der Waals surface area contributed by atoms with Gasteiger partial charge in [0.2, 0.25) is 0 Å². The summed E-state index contributed by atoms with van der Waals surface area (Å²) in [5.74, 6) is -0.156. The van der Waals surface area contributed by atoms with Gasteiger partial charge < -0.3 is 8.98 Å². The summed E-state index contributed by atoms with van der Waals surface area (Å²) in [7, 11) is 2.01. The highest BCUT2D eigenvalue weighted by Gasteiger charge is 2.13. The van der Waals surface area contributed by atoms with E-state index in [1.165, 1.54) is 0 Å². The molecule has 1 amide bonds. The molecule has 0 saturated carbocycles. The van der Waals surface area contributed by atoms with E-state index in [0.717, 1.165) is 32.0 Å². The fourth-order valence-electron chi connectivity index (χ4n) is 3.05. The highest BCUT2D eigenvalue weighted by Crippen LogP contribution is 2.24. The summed E-state index contributed by atoms with van der Waals surface area (Å²) in [4.78, 5) is 12.3. The predicted octanol–water partition coefficient (Wildman–Crippen LogP) is 4.76. The Morgan fingerprint density at radius 2 is 2.04 bits per heavy atom. The van der Waals surface area contributed by atoms with Crippen molar-refractivity contribution in [3.8, 4) is 0 Å². The van der Waals surface area contributed by atoms with Crippen molar-refractivity contribution < 1.29 is 9.21 Å². The number of furan rings is 1. The highest BCUT2D eigenvalue weighted by molar-refractivity contribution is 9.10. The van der Waals surface area contributed by atoms with Crippen LogP contribution in [-0.2, 0) is 7.05 Å². The molecule has 5 nitrogen and oxygen atoms in total. The normalized spacial score (nSPS) is 11.7. The highest BCUT2D eigenvalue weighted by atomic mass is 79.9. The van der Waals surface area contributed by atoms with Crippen LogP contribution in [0.3, 0.4) is 0 Å². The second-order valence-corrected chi connectivity index (χ2v) is 6.98. The first-order valence-electron chi connectivity index (χ1n) is 8.11. The number of benzene rings is 2. The molecule has 0 spiro atoms. The second kappa shape index (κ2) is 6.46. The molecule has 0 fully saturated rings. The number of nitrogens with one attached hydrogen (secondary N) is 1. The third-order valence-electron chi connectivity index (χ3n) is 4.51. The van der Waals surface area contributed by atoms with Crippen LogP contribution in [0.25, 0.3) is 21.9 Å². The van der Waals surface area contributed by atoms with Gasteiger partial charge >= 0.3 is 5.91 Å². The quantitative estimate of drug-likeness (QED) is 0.391. The smallest absolute Gasteiger partial charge is 0.307 e. The summed E-state index contributed by atoms with van der Waals surface area (Å²) in [5, 5.41) is 6.08. The Hall–Kier alpha value is -2.86. The maximum absolute atomic E-state index is 12.3. The number of aryl methyl sites for hydroxylation is 1.